The van der Waals surface area contributed by atoms with E-state index < -0.39 is 0 Å². The van der Waals surface area contributed by atoms with Crippen molar-refractivity contribution in [3.8, 4) is 17.6 Å². The van der Waals surface area contributed by atoms with Crippen LogP contribution in [0.2, 0.25) is 0 Å². The molecule has 1 amide bonds. The van der Waals surface area contributed by atoms with Crippen LogP contribution in [0.1, 0.15) is 25.8 Å². The Labute approximate surface area is 113 Å². The van der Waals surface area contributed by atoms with Crippen molar-refractivity contribution >= 4 is 11.6 Å². The van der Waals surface area contributed by atoms with Crippen LogP contribution >= 0.6 is 0 Å². The molecule has 0 bridgehead atoms. The van der Waals surface area contributed by atoms with Gasteiger partial charge in [-0.25, -0.2) is 0 Å². The lowest BCUT2D eigenvalue weighted by atomic mass is 10.1. The molecule has 1 unspecified atom stereocenters. The van der Waals surface area contributed by atoms with Gasteiger partial charge in [0.25, 0.3) is 0 Å². The van der Waals surface area contributed by atoms with Gasteiger partial charge in [0.05, 0.1) is 12.8 Å². The van der Waals surface area contributed by atoms with Crippen LogP contribution in [0.5, 0.6) is 5.75 Å². The number of hydrogen-bond acceptors (Lipinski definition) is 3. The van der Waals surface area contributed by atoms with Crippen LogP contribution in [-0.2, 0) is 4.79 Å². The minimum absolute atomic E-state index is 0.0481. The molecular weight excluding hydrogens is 242 g/mol. The molecule has 19 heavy (non-hydrogen) atoms. The molecule has 0 aliphatic rings. The van der Waals surface area contributed by atoms with Crippen molar-refractivity contribution in [3.63, 3.8) is 0 Å². The third kappa shape index (κ3) is 4.31. The van der Waals surface area contributed by atoms with Gasteiger partial charge in [-0.15, -0.1) is 0 Å². The molecule has 0 saturated carbocycles. The van der Waals surface area contributed by atoms with Crippen molar-refractivity contribution in [2.75, 3.05) is 19.0 Å². The fraction of sp³-hybridized carbons (Fsp3) is 0.400. The number of anilines is 1. The number of ether oxygens (including phenoxy) is 1. The summed E-state index contributed by atoms with van der Waals surface area (Å²) >= 11 is 0. The first-order chi connectivity index (χ1) is 9.12. The Kier molecular flexibility index (Phi) is 5.91. The number of aliphatic hydroxyl groups excluding tert-OH is 1. The van der Waals surface area contributed by atoms with E-state index in [1.54, 1.807) is 25.3 Å². The van der Waals surface area contributed by atoms with Gasteiger partial charge in [0.15, 0.2) is 0 Å². The smallest absolute Gasteiger partial charge is 0.227 e. The van der Waals surface area contributed by atoms with E-state index in [-0.39, 0.29) is 18.4 Å². The van der Waals surface area contributed by atoms with Gasteiger partial charge in [0.2, 0.25) is 5.91 Å². The summed E-state index contributed by atoms with van der Waals surface area (Å²) in [5.74, 6) is 5.85. The standard InChI is InChI=1S/C15H19NO3/c1-4-11(2)15(18)16-13-10-12(6-5-9-17)7-8-14(13)19-3/h7-8,10-11,17H,4,9H2,1-3H3,(H,16,18). The van der Waals surface area contributed by atoms with E-state index >= 15 is 0 Å². The summed E-state index contributed by atoms with van der Waals surface area (Å²) in [6, 6.07) is 5.26. The van der Waals surface area contributed by atoms with Crippen molar-refractivity contribution in [1.82, 2.24) is 0 Å². The Bertz CT molecular complexity index is 500. The monoisotopic (exact) mass is 261 g/mol. The lowest BCUT2D eigenvalue weighted by molar-refractivity contribution is -0.119. The van der Waals surface area contributed by atoms with E-state index in [0.29, 0.717) is 17.0 Å². The number of aliphatic hydroxyl groups is 1. The van der Waals surface area contributed by atoms with E-state index in [0.717, 1.165) is 6.42 Å². The maximum absolute atomic E-state index is 11.9. The van der Waals surface area contributed by atoms with Crippen LogP contribution in [0.15, 0.2) is 18.2 Å². The molecular formula is C15H19NO3. The van der Waals surface area contributed by atoms with Crippen molar-refractivity contribution < 1.29 is 14.6 Å². The van der Waals surface area contributed by atoms with Gasteiger partial charge in [-0.2, -0.15) is 0 Å². The number of carbonyl (C=O) groups is 1. The molecule has 0 aliphatic heterocycles. The molecule has 0 aromatic heterocycles. The summed E-state index contributed by atoms with van der Waals surface area (Å²) in [5, 5.41) is 11.5. The Morgan fingerprint density at radius 3 is 2.84 bits per heavy atom. The summed E-state index contributed by atoms with van der Waals surface area (Å²) in [7, 11) is 1.55. The second-order valence-corrected chi connectivity index (χ2v) is 4.17. The number of methoxy groups -OCH3 is 1. The van der Waals surface area contributed by atoms with Gasteiger partial charge in [0, 0.05) is 11.5 Å². The molecule has 1 aromatic rings. The highest BCUT2D eigenvalue weighted by Crippen LogP contribution is 2.26. The van der Waals surface area contributed by atoms with Crippen LogP contribution < -0.4 is 10.1 Å². The van der Waals surface area contributed by atoms with Crippen LogP contribution in [0.25, 0.3) is 0 Å². The summed E-state index contributed by atoms with van der Waals surface area (Å²) in [6.45, 7) is 3.64. The number of hydrogen-bond donors (Lipinski definition) is 2. The molecule has 1 aromatic carbocycles. The minimum atomic E-state index is -0.194. The highest BCUT2D eigenvalue weighted by molar-refractivity contribution is 5.93. The van der Waals surface area contributed by atoms with Gasteiger partial charge in [0.1, 0.15) is 12.4 Å². The lowest BCUT2D eigenvalue weighted by Crippen LogP contribution is -2.20. The zero-order chi connectivity index (χ0) is 14.3. The number of rotatable bonds is 4. The largest absolute Gasteiger partial charge is 0.495 e. The average Bonchev–Trinajstić information content (AvgIpc) is 2.44. The van der Waals surface area contributed by atoms with Gasteiger partial charge in [-0.3, -0.25) is 4.79 Å². The molecule has 4 heteroatoms. The van der Waals surface area contributed by atoms with E-state index in [4.69, 9.17) is 9.84 Å². The van der Waals surface area contributed by atoms with E-state index in [2.05, 4.69) is 17.2 Å². The van der Waals surface area contributed by atoms with Crippen LogP contribution in [0.4, 0.5) is 5.69 Å². The number of benzene rings is 1. The fourth-order valence-electron chi connectivity index (χ4n) is 1.47. The molecule has 0 fully saturated rings. The first kappa shape index (κ1) is 15.1. The lowest BCUT2D eigenvalue weighted by Gasteiger charge is -2.13. The molecule has 0 aliphatic carbocycles. The first-order valence-corrected chi connectivity index (χ1v) is 6.21. The summed E-state index contributed by atoms with van der Waals surface area (Å²) in [4.78, 5) is 11.9. The molecule has 1 atom stereocenters. The topological polar surface area (TPSA) is 58.6 Å². The summed E-state index contributed by atoms with van der Waals surface area (Å²) < 4.78 is 5.21. The van der Waals surface area contributed by atoms with Crippen molar-refractivity contribution in [3.05, 3.63) is 23.8 Å². The predicted molar refractivity (Wildman–Crippen MR) is 75.0 cm³/mol. The van der Waals surface area contributed by atoms with E-state index in [1.165, 1.54) is 0 Å². The van der Waals surface area contributed by atoms with Gasteiger partial charge >= 0.3 is 0 Å². The molecule has 0 radical (unpaired) electrons. The maximum Gasteiger partial charge on any atom is 0.227 e. The third-order valence-corrected chi connectivity index (χ3v) is 2.83. The Morgan fingerprint density at radius 2 is 2.26 bits per heavy atom. The predicted octanol–water partition coefficient (Wildman–Crippen LogP) is 2.02. The van der Waals surface area contributed by atoms with E-state index in [9.17, 15) is 4.79 Å². The molecule has 102 valence electrons. The van der Waals surface area contributed by atoms with Crippen molar-refractivity contribution in [2.45, 2.75) is 20.3 Å². The third-order valence-electron chi connectivity index (χ3n) is 2.83. The molecule has 0 heterocycles. The second kappa shape index (κ2) is 7.45. The quantitative estimate of drug-likeness (QED) is 0.815. The second-order valence-electron chi connectivity index (χ2n) is 4.17. The highest BCUT2D eigenvalue weighted by Gasteiger charge is 2.13. The molecule has 0 spiro atoms. The van der Waals surface area contributed by atoms with E-state index in [1.807, 2.05) is 13.8 Å². The minimum Gasteiger partial charge on any atom is -0.495 e. The number of amides is 1. The highest BCUT2D eigenvalue weighted by atomic mass is 16.5. The zero-order valence-electron chi connectivity index (χ0n) is 11.5. The SMILES string of the molecule is CCC(C)C(=O)Nc1cc(C#CCO)ccc1OC. The van der Waals surface area contributed by atoms with Crippen LogP contribution in [0, 0.1) is 17.8 Å². The Morgan fingerprint density at radius 1 is 1.53 bits per heavy atom. The van der Waals surface area contributed by atoms with Crippen molar-refractivity contribution in [1.29, 1.82) is 0 Å². The maximum atomic E-state index is 11.9. The fourth-order valence-corrected chi connectivity index (χ4v) is 1.47. The number of nitrogens with one attached hydrogen (secondary N) is 1. The van der Waals surface area contributed by atoms with Gasteiger partial charge in [-0.1, -0.05) is 25.7 Å². The van der Waals surface area contributed by atoms with Gasteiger partial charge < -0.3 is 15.2 Å². The average molecular weight is 261 g/mol. The Hall–Kier alpha value is -1.99. The normalized spacial score (nSPS) is 11.2. The van der Waals surface area contributed by atoms with Crippen LogP contribution in [0.3, 0.4) is 0 Å². The zero-order valence-corrected chi connectivity index (χ0v) is 11.5. The molecule has 0 saturated heterocycles. The van der Waals surface area contributed by atoms with Gasteiger partial charge in [-0.05, 0) is 24.6 Å². The number of carbonyl (C=O) groups excluding carboxylic acids is 1. The summed E-state index contributed by atoms with van der Waals surface area (Å²) in [5.41, 5.74) is 1.31. The molecule has 1 rings (SSSR count). The first-order valence-electron chi connectivity index (χ1n) is 6.21. The summed E-state index contributed by atoms with van der Waals surface area (Å²) in [6.07, 6.45) is 0.776. The molecule has 2 N–H and O–H groups in total. The Balaban J connectivity index is 2.99. The molecule has 4 nitrogen and oxygen atoms in total. The van der Waals surface area contributed by atoms with Crippen molar-refractivity contribution in [2.24, 2.45) is 5.92 Å². The van der Waals surface area contributed by atoms with Crippen LogP contribution in [-0.4, -0.2) is 24.7 Å².